The van der Waals surface area contributed by atoms with Crippen LogP contribution in [0.1, 0.15) is 30.9 Å². The third-order valence-corrected chi connectivity index (χ3v) is 4.20. The van der Waals surface area contributed by atoms with Crippen LogP contribution in [0.15, 0.2) is 48.5 Å². The van der Waals surface area contributed by atoms with Crippen molar-refractivity contribution >= 4 is 17.6 Å². The Morgan fingerprint density at radius 2 is 1.64 bits per heavy atom. The van der Waals surface area contributed by atoms with E-state index in [2.05, 4.69) is 5.32 Å². The summed E-state index contributed by atoms with van der Waals surface area (Å²) in [5, 5.41) is 11.9. The van der Waals surface area contributed by atoms with Crippen molar-refractivity contribution in [3.05, 3.63) is 59.7 Å². The molecule has 5 heteroatoms. The van der Waals surface area contributed by atoms with Crippen molar-refractivity contribution in [2.75, 3.05) is 12.4 Å². The molecule has 0 aromatic heterocycles. The number of benzene rings is 2. The minimum atomic E-state index is -0.870. The molecule has 0 spiro atoms. The van der Waals surface area contributed by atoms with Crippen LogP contribution in [0.5, 0.6) is 5.75 Å². The zero-order valence-electron chi connectivity index (χ0n) is 14.7. The molecule has 25 heavy (non-hydrogen) atoms. The lowest BCUT2D eigenvalue weighted by Gasteiger charge is -2.13. The first kappa shape index (κ1) is 18.5. The Bertz CT molecular complexity index is 722. The summed E-state index contributed by atoms with van der Waals surface area (Å²) >= 11 is 0. The summed E-state index contributed by atoms with van der Waals surface area (Å²) in [6.07, 6.45) is 0.629. The maximum atomic E-state index is 12.3. The Morgan fingerprint density at radius 1 is 1.04 bits per heavy atom. The van der Waals surface area contributed by atoms with E-state index >= 15 is 0 Å². The van der Waals surface area contributed by atoms with E-state index in [1.807, 2.05) is 31.2 Å². The number of aliphatic carboxylic acids is 1. The summed E-state index contributed by atoms with van der Waals surface area (Å²) in [5.41, 5.74) is 2.43. The van der Waals surface area contributed by atoms with Gasteiger partial charge in [-0.25, -0.2) is 0 Å². The lowest BCUT2D eigenvalue weighted by molar-refractivity contribution is -0.138. The summed E-state index contributed by atoms with van der Waals surface area (Å²) in [5.74, 6) is -0.916. The second-order valence-electron chi connectivity index (χ2n) is 6.12. The molecule has 0 heterocycles. The van der Waals surface area contributed by atoms with Gasteiger partial charge in [0.15, 0.2) is 0 Å². The molecule has 0 aliphatic carbocycles. The Balaban J connectivity index is 1.94. The van der Waals surface area contributed by atoms with Gasteiger partial charge in [-0.2, -0.15) is 0 Å². The zero-order valence-corrected chi connectivity index (χ0v) is 14.7. The Kier molecular flexibility index (Phi) is 6.17. The lowest BCUT2D eigenvalue weighted by atomic mass is 9.99. The highest BCUT2D eigenvalue weighted by molar-refractivity contribution is 5.92. The zero-order chi connectivity index (χ0) is 18.4. The van der Waals surface area contributed by atoms with Gasteiger partial charge in [0.2, 0.25) is 5.91 Å². The van der Waals surface area contributed by atoms with Crippen LogP contribution in [-0.2, 0) is 16.0 Å². The van der Waals surface area contributed by atoms with Crippen molar-refractivity contribution < 1.29 is 19.4 Å². The molecule has 0 saturated heterocycles. The number of nitrogens with one attached hydrogen (secondary N) is 1. The second-order valence-corrected chi connectivity index (χ2v) is 6.12. The minimum Gasteiger partial charge on any atom is -0.497 e. The highest BCUT2D eigenvalue weighted by Crippen LogP contribution is 2.20. The van der Waals surface area contributed by atoms with Crippen LogP contribution in [0.3, 0.4) is 0 Å². The fraction of sp³-hybridized carbons (Fsp3) is 0.300. The van der Waals surface area contributed by atoms with Gasteiger partial charge in [-0.15, -0.1) is 0 Å². The van der Waals surface area contributed by atoms with Crippen molar-refractivity contribution in [1.29, 1.82) is 0 Å². The monoisotopic (exact) mass is 341 g/mol. The first-order valence-electron chi connectivity index (χ1n) is 8.17. The summed E-state index contributed by atoms with van der Waals surface area (Å²) < 4.78 is 5.13. The molecule has 0 saturated carbocycles. The van der Waals surface area contributed by atoms with E-state index in [9.17, 15) is 9.59 Å². The van der Waals surface area contributed by atoms with Gasteiger partial charge in [0.05, 0.1) is 13.0 Å². The molecule has 0 radical (unpaired) electrons. The summed E-state index contributed by atoms with van der Waals surface area (Å²) in [4.78, 5) is 23.3. The third kappa shape index (κ3) is 5.08. The quantitative estimate of drug-likeness (QED) is 0.805. The molecule has 132 valence electrons. The summed E-state index contributed by atoms with van der Waals surface area (Å²) in [6, 6.07) is 14.6. The number of carboxylic acid groups (broad SMARTS) is 1. The van der Waals surface area contributed by atoms with Crippen LogP contribution in [-0.4, -0.2) is 24.1 Å². The van der Waals surface area contributed by atoms with Crippen molar-refractivity contribution in [3.8, 4) is 5.75 Å². The molecular formula is C20H23NO4. The number of carbonyl (C=O) groups excluding carboxylic acids is 1. The first-order valence-corrected chi connectivity index (χ1v) is 8.17. The van der Waals surface area contributed by atoms with E-state index < -0.39 is 11.9 Å². The van der Waals surface area contributed by atoms with Crippen LogP contribution < -0.4 is 10.1 Å². The molecule has 2 unspecified atom stereocenters. The average Bonchev–Trinajstić information content (AvgIpc) is 2.62. The van der Waals surface area contributed by atoms with Crippen molar-refractivity contribution in [2.24, 2.45) is 5.92 Å². The molecular weight excluding hydrogens is 318 g/mol. The first-order chi connectivity index (χ1) is 11.9. The molecule has 0 aliphatic rings. The molecule has 2 N–H and O–H groups in total. The van der Waals surface area contributed by atoms with Gasteiger partial charge in [0.25, 0.3) is 0 Å². The highest BCUT2D eigenvalue weighted by atomic mass is 16.5. The number of carboxylic acids is 1. The minimum absolute atomic E-state index is 0.0742. The van der Waals surface area contributed by atoms with Crippen molar-refractivity contribution in [3.63, 3.8) is 0 Å². The molecule has 0 bridgehead atoms. The molecule has 0 fully saturated rings. The molecule has 0 aliphatic heterocycles. The Hall–Kier alpha value is -2.82. The normalized spacial score (nSPS) is 12.9. The van der Waals surface area contributed by atoms with Gasteiger partial charge in [0, 0.05) is 11.6 Å². The van der Waals surface area contributed by atoms with Crippen LogP contribution in [0.2, 0.25) is 0 Å². The van der Waals surface area contributed by atoms with E-state index in [0.717, 1.165) is 11.3 Å². The maximum absolute atomic E-state index is 12.3. The van der Waals surface area contributed by atoms with Crippen molar-refractivity contribution in [2.45, 2.75) is 26.2 Å². The number of anilines is 1. The number of ether oxygens (including phenoxy) is 1. The molecule has 5 nitrogen and oxygen atoms in total. The average molecular weight is 341 g/mol. The molecule has 2 aromatic carbocycles. The van der Waals surface area contributed by atoms with E-state index in [4.69, 9.17) is 9.84 Å². The Morgan fingerprint density at radius 3 is 2.16 bits per heavy atom. The molecule has 2 rings (SSSR count). The van der Waals surface area contributed by atoms with E-state index in [1.165, 1.54) is 0 Å². The number of carbonyl (C=O) groups is 2. The SMILES string of the molecule is COc1ccc(CC(C)C(=O)Nc2ccc(C(C)C(=O)O)cc2)cc1. The van der Waals surface area contributed by atoms with Gasteiger partial charge in [-0.05, 0) is 48.7 Å². The molecule has 2 aromatic rings. The van der Waals surface area contributed by atoms with E-state index in [0.29, 0.717) is 17.7 Å². The summed E-state index contributed by atoms with van der Waals surface area (Å²) in [6.45, 7) is 3.51. The van der Waals surface area contributed by atoms with Gasteiger partial charge >= 0.3 is 5.97 Å². The van der Waals surface area contributed by atoms with Crippen LogP contribution in [0.25, 0.3) is 0 Å². The van der Waals surface area contributed by atoms with Crippen LogP contribution >= 0.6 is 0 Å². The molecule has 2 atom stereocenters. The maximum Gasteiger partial charge on any atom is 0.310 e. The van der Waals surface area contributed by atoms with Crippen LogP contribution in [0, 0.1) is 5.92 Å². The van der Waals surface area contributed by atoms with E-state index in [-0.39, 0.29) is 11.8 Å². The fourth-order valence-electron chi connectivity index (χ4n) is 2.47. The number of hydrogen-bond acceptors (Lipinski definition) is 3. The van der Waals surface area contributed by atoms with Gasteiger partial charge < -0.3 is 15.2 Å². The predicted octanol–water partition coefficient (Wildman–Crippen LogP) is 3.70. The van der Waals surface area contributed by atoms with Crippen LogP contribution in [0.4, 0.5) is 5.69 Å². The van der Waals surface area contributed by atoms with Gasteiger partial charge in [0.1, 0.15) is 5.75 Å². The largest absolute Gasteiger partial charge is 0.497 e. The predicted molar refractivity (Wildman–Crippen MR) is 97.0 cm³/mol. The highest BCUT2D eigenvalue weighted by Gasteiger charge is 2.16. The number of methoxy groups -OCH3 is 1. The Labute approximate surface area is 147 Å². The number of amides is 1. The smallest absolute Gasteiger partial charge is 0.310 e. The topological polar surface area (TPSA) is 75.6 Å². The summed E-state index contributed by atoms with van der Waals surface area (Å²) in [7, 11) is 1.62. The second kappa shape index (κ2) is 8.33. The van der Waals surface area contributed by atoms with Crippen molar-refractivity contribution in [1.82, 2.24) is 0 Å². The molecule has 1 amide bonds. The number of hydrogen-bond donors (Lipinski definition) is 2. The standard InChI is InChI=1S/C20H23NO4/c1-13(12-15-4-10-18(25-3)11-5-15)19(22)21-17-8-6-16(7-9-17)14(2)20(23)24/h4-11,13-14H,12H2,1-3H3,(H,21,22)(H,23,24). The fourth-order valence-corrected chi connectivity index (χ4v) is 2.47. The van der Waals surface area contributed by atoms with Gasteiger partial charge in [-0.3, -0.25) is 9.59 Å². The lowest BCUT2D eigenvalue weighted by Crippen LogP contribution is -2.22. The number of rotatable bonds is 7. The van der Waals surface area contributed by atoms with Gasteiger partial charge in [-0.1, -0.05) is 31.2 Å². The van der Waals surface area contributed by atoms with E-state index in [1.54, 1.807) is 38.3 Å². The third-order valence-electron chi connectivity index (χ3n) is 4.20.